The minimum Gasteiger partial charge on any atom is -0.302 e. The molecule has 6 nitrogen and oxygen atoms in total. The number of aryl methyl sites for hydroxylation is 1. The first-order valence-corrected chi connectivity index (χ1v) is 12.1. The first-order valence-electron chi connectivity index (χ1n) is 12.1. The van der Waals surface area contributed by atoms with Crippen LogP contribution in [-0.2, 0) is 17.8 Å². The number of carbonyl (C=O) groups excluding carboxylic acids is 1. The lowest BCUT2D eigenvalue weighted by Crippen LogP contribution is -2.48. The zero-order valence-electron chi connectivity index (χ0n) is 20.8. The quantitative estimate of drug-likeness (QED) is 0.240. The average Bonchev–Trinajstić information content (AvgIpc) is 3.13. The van der Waals surface area contributed by atoms with Gasteiger partial charge in [-0.2, -0.15) is 0 Å². The summed E-state index contributed by atoms with van der Waals surface area (Å²) in [5, 5.41) is 8.69. The van der Waals surface area contributed by atoms with Crippen molar-refractivity contribution in [1.29, 1.82) is 0 Å². The number of nitrogens with one attached hydrogen (secondary N) is 1. The maximum absolute atomic E-state index is 11.3. The van der Waals surface area contributed by atoms with Crippen molar-refractivity contribution < 1.29 is 10.0 Å². The Morgan fingerprint density at radius 2 is 2.00 bits per heavy atom. The van der Waals surface area contributed by atoms with E-state index in [1.165, 1.54) is 31.0 Å². The third kappa shape index (κ3) is 6.42. The predicted octanol–water partition coefficient (Wildman–Crippen LogP) is 5.62. The molecule has 0 saturated heterocycles. The number of rotatable bonds is 13. The maximum atomic E-state index is 11.3. The molecule has 2 aromatic heterocycles. The number of hydroxylamine groups is 1. The molecule has 0 aliphatic heterocycles. The molecule has 2 N–H and O–H groups in total. The molecule has 0 radical (unpaired) electrons. The summed E-state index contributed by atoms with van der Waals surface area (Å²) in [6.45, 7) is 15.7. The van der Waals surface area contributed by atoms with Gasteiger partial charge in [0, 0.05) is 24.4 Å². The van der Waals surface area contributed by atoms with Crippen molar-refractivity contribution in [2.45, 2.75) is 92.2 Å². The number of hydrogen-bond acceptors (Lipinski definition) is 4. The Kier molecular flexibility index (Phi) is 9.91. The van der Waals surface area contributed by atoms with E-state index in [-0.39, 0.29) is 5.54 Å². The lowest BCUT2D eigenvalue weighted by Gasteiger charge is -2.43. The molecule has 0 aliphatic rings. The van der Waals surface area contributed by atoms with Gasteiger partial charge in [0.15, 0.2) is 0 Å². The van der Waals surface area contributed by atoms with E-state index in [0.29, 0.717) is 5.92 Å². The highest BCUT2D eigenvalue weighted by atomic mass is 16.5. The maximum Gasteiger partial charge on any atom is 0.267 e. The fourth-order valence-corrected chi connectivity index (χ4v) is 4.26. The molecule has 0 bridgehead atoms. The fourth-order valence-electron chi connectivity index (χ4n) is 4.26. The lowest BCUT2D eigenvalue weighted by atomic mass is 9.83. The second-order valence-electron chi connectivity index (χ2n) is 9.32. The molecule has 6 heteroatoms. The van der Waals surface area contributed by atoms with Gasteiger partial charge in [-0.3, -0.25) is 14.9 Å². The predicted molar refractivity (Wildman–Crippen MR) is 132 cm³/mol. The van der Waals surface area contributed by atoms with Crippen LogP contribution in [0.15, 0.2) is 24.4 Å². The highest BCUT2D eigenvalue weighted by molar-refractivity contribution is 5.90. The third-order valence-electron chi connectivity index (χ3n) is 6.87. The van der Waals surface area contributed by atoms with Gasteiger partial charge in [0.05, 0.1) is 11.4 Å². The third-order valence-corrected chi connectivity index (χ3v) is 6.87. The van der Waals surface area contributed by atoms with Gasteiger partial charge in [-0.05, 0) is 69.3 Å². The standard InChI is InChI=1S/C26H42N4O2/c1-7-10-12-20(4)26(5,6)29(9-3)19-23-22(13-11-8-2)27-24-18-21(16-17-30(23)24)14-15-25(31)28-32/h14-18,20,32H,7-13,19H2,1-6H3,(H,28,31). The molecule has 0 spiro atoms. The number of unbranched alkanes of at least 4 members (excludes halogenated alkanes) is 2. The molecule has 0 aromatic carbocycles. The minimum atomic E-state index is -0.546. The summed E-state index contributed by atoms with van der Waals surface area (Å²) in [5.41, 5.74) is 5.91. The number of nitrogens with zero attached hydrogens (tertiary/aromatic N) is 3. The Morgan fingerprint density at radius 3 is 2.62 bits per heavy atom. The molecular weight excluding hydrogens is 400 g/mol. The van der Waals surface area contributed by atoms with Crippen LogP contribution in [0.5, 0.6) is 0 Å². The molecule has 0 fully saturated rings. The summed E-state index contributed by atoms with van der Waals surface area (Å²) < 4.78 is 2.20. The van der Waals surface area contributed by atoms with Gasteiger partial charge >= 0.3 is 0 Å². The second kappa shape index (κ2) is 12.2. The topological polar surface area (TPSA) is 69.9 Å². The van der Waals surface area contributed by atoms with Gasteiger partial charge in [-0.25, -0.2) is 10.5 Å². The monoisotopic (exact) mass is 442 g/mol. The minimum absolute atomic E-state index is 0.0937. The Hall–Kier alpha value is -2.18. The average molecular weight is 443 g/mol. The van der Waals surface area contributed by atoms with Crippen molar-refractivity contribution >= 4 is 17.6 Å². The van der Waals surface area contributed by atoms with Crippen LogP contribution in [-0.4, -0.2) is 37.5 Å². The van der Waals surface area contributed by atoms with E-state index in [1.54, 1.807) is 11.6 Å². The number of amides is 1. The van der Waals surface area contributed by atoms with Gasteiger partial charge < -0.3 is 4.40 Å². The molecule has 0 saturated carbocycles. The molecule has 2 aromatic rings. The van der Waals surface area contributed by atoms with Crippen molar-refractivity contribution in [2.24, 2.45) is 5.92 Å². The van der Waals surface area contributed by atoms with Crippen LogP contribution in [0.2, 0.25) is 0 Å². The van der Waals surface area contributed by atoms with E-state index >= 15 is 0 Å². The van der Waals surface area contributed by atoms with Crippen LogP contribution < -0.4 is 5.48 Å². The normalized spacial score (nSPS) is 13.4. The lowest BCUT2D eigenvalue weighted by molar-refractivity contribution is -0.124. The first kappa shape index (κ1) is 26.1. The zero-order chi connectivity index (χ0) is 23.7. The zero-order valence-corrected chi connectivity index (χ0v) is 20.8. The van der Waals surface area contributed by atoms with Crippen LogP contribution in [0.1, 0.15) is 90.6 Å². The molecule has 2 heterocycles. The molecule has 32 heavy (non-hydrogen) atoms. The number of hydrogen-bond donors (Lipinski definition) is 2. The van der Waals surface area contributed by atoms with Gasteiger partial charge in [0.25, 0.3) is 5.91 Å². The van der Waals surface area contributed by atoms with Crippen molar-refractivity contribution in [3.05, 3.63) is 41.4 Å². The summed E-state index contributed by atoms with van der Waals surface area (Å²) >= 11 is 0. The van der Waals surface area contributed by atoms with E-state index < -0.39 is 5.91 Å². The summed E-state index contributed by atoms with van der Waals surface area (Å²) in [6, 6.07) is 3.97. The Labute approximate surface area is 193 Å². The van der Waals surface area contributed by atoms with Crippen LogP contribution in [0.4, 0.5) is 0 Å². The van der Waals surface area contributed by atoms with Crippen molar-refractivity contribution in [3.8, 4) is 0 Å². The molecule has 1 amide bonds. The Morgan fingerprint density at radius 1 is 1.28 bits per heavy atom. The van der Waals surface area contributed by atoms with Crippen LogP contribution in [0.25, 0.3) is 11.7 Å². The first-order chi connectivity index (χ1) is 15.3. The van der Waals surface area contributed by atoms with Gasteiger partial charge in [-0.15, -0.1) is 0 Å². The molecule has 178 valence electrons. The molecule has 1 atom stereocenters. The van der Waals surface area contributed by atoms with Crippen molar-refractivity contribution in [3.63, 3.8) is 0 Å². The number of carbonyl (C=O) groups is 1. The summed E-state index contributed by atoms with van der Waals surface area (Å²) in [4.78, 5) is 18.9. The molecule has 1 unspecified atom stereocenters. The van der Waals surface area contributed by atoms with Gasteiger partial charge in [0.1, 0.15) is 5.65 Å². The van der Waals surface area contributed by atoms with Crippen LogP contribution in [0.3, 0.4) is 0 Å². The number of imidazole rings is 1. The highest BCUT2D eigenvalue weighted by Crippen LogP contribution is 2.31. The van der Waals surface area contributed by atoms with Crippen molar-refractivity contribution in [1.82, 2.24) is 19.8 Å². The van der Waals surface area contributed by atoms with E-state index in [4.69, 9.17) is 10.2 Å². The van der Waals surface area contributed by atoms with E-state index in [0.717, 1.165) is 49.3 Å². The summed E-state index contributed by atoms with van der Waals surface area (Å²) in [7, 11) is 0. The van der Waals surface area contributed by atoms with E-state index in [1.807, 2.05) is 18.3 Å². The fraction of sp³-hybridized carbons (Fsp3) is 0.615. The molecule has 2 rings (SSSR count). The largest absolute Gasteiger partial charge is 0.302 e. The van der Waals surface area contributed by atoms with Gasteiger partial charge in [-0.1, -0.05) is 47.0 Å². The Bertz CT molecular complexity index is 901. The highest BCUT2D eigenvalue weighted by Gasteiger charge is 2.32. The summed E-state index contributed by atoms with van der Waals surface area (Å²) in [5.74, 6) is 0.0608. The van der Waals surface area contributed by atoms with E-state index in [2.05, 4.69) is 50.8 Å². The number of pyridine rings is 1. The number of aromatic nitrogens is 2. The van der Waals surface area contributed by atoms with Crippen LogP contribution >= 0.6 is 0 Å². The van der Waals surface area contributed by atoms with E-state index in [9.17, 15) is 4.79 Å². The second-order valence-corrected chi connectivity index (χ2v) is 9.32. The van der Waals surface area contributed by atoms with Crippen molar-refractivity contribution in [2.75, 3.05) is 6.54 Å². The number of fused-ring (bicyclic) bond motifs is 1. The molecular formula is C26H42N4O2. The smallest absolute Gasteiger partial charge is 0.267 e. The van der Waals surface area contributed by atoms with Gasteiger partial charge in [0.2, 0.25) is 0 Å². The van der Waals surface area contributed by atoms with Crippen LogP contribution in [0, 0.1) is 5.92 Å². The molecule has 0 aliphatic carbocycles. The SMILES string of the molecule is CCCCc1nc2cc(C=CC(=O)NO)ccn2c1CN(CC)C(C)(C)C(C)CCCC. The Balaban J connectivity index is 2.40. The summed E-state index contributed by atoms with van der Waals surface area (Å²) in [6.07, 6.45) is 12.0.